The van der Waals surface area contributed by atoms with Gasteiger partial charge in [-0.3, -0.25) is 9.59 Å². The summed E-state index contributed by atoms with van der Waals surface area (Å²) in [4.78, 5) is 24.2. The minimum Gasteiger partial charge on any atom is -0.489 e. The lowest BCUT2D eigenvalue weighted by Gasteiger charge is -2.15. The van der Waals surface area contributed by atoms with E-state index in [0.717, 1.165) is 22.1 Å². The molecular formula is C24H21F2NO4. The Morgan fingerprint density at radius 1 is 1.00 bits per heavy atom. The number of amides is 1. The van der Waals surface area contributed by atoms with Crippen LogP contribution in [-0.2, 0) is 11.4 Å². The molecule has 0 fully saturated rings. The maximum Gasteiger partial charge on any atom is 0.323 e. The lowest BCUT2D eigenvalue weighted by molar-refractivity contribution is -0.137. The molecule has 0 bridgehead atoms. The molecule has 0 aliphatic carbocycles. The van der Waals surface area contributed by atoms with Crippen LogP contribution in [0.25, 0.3) is 11.1 Å². The molecule has 1 amide bonds. The van der Waals surface area contributed by atoms with Crippen LogP contribution in [0, 0.1) is 18.6 Å². The van der Waals surface area contributed by atoms with Crippen LogP contribution in [-0.4, -0.2) is 35.5 Å². The van der Waals surface area contributed by atoms with Gasteiger partial charge in [0, 0.05) is 12.6 Å². The summed E-state index contributed by atoms with van der Waals surface area (Å²) < 4.78 is 32.7. The number of carboxylic acids is 1. The molecule has 5 nitrogen and oxygen atoms in total. The molecule has 0 atom stereocenters. The van der Waals surface area contributed by atoms with Crippen LogP contribution in [0.2, 0.25) is 0 Å². The van der Waals surface area contributed by atoms with Crippen LogP contribution < -0.4 is 4.74 Å². The maximum atomic E-state index is 13.6. The largest absolute Gasteiger partial charge is 0.489 e. The predicted octanol–water partition coefficient (Wildman–Crippen LogP) is 4.68. The van der Waals surface area contributed by atoms with Crippen LogP contribution in [0.1, 0.15) is 21.5 Å². The Hall–Kier alpha value is -3.74. The van der Waals surface area contributed by atoms with Gasteiger partial charge in [-0.15, -0.1) is 0 Å². The van der Waals surface area contributed by atoms with Crippen LogP contribution in [0.3, 0.4) is 0 Å². The minimum absolute atomic E-state index is 0.202. The number of aryl methyl sites for hydroxylation is 1. The van der Waals surface area contributed by atoms with Gasteiger partial charge in [0.15, 0.2) is 11.6 Å². The van der Waals surface area contributed by atoms with Crippen molar-refractivity contribution >= 4 is 11.9 Å². The SMILES string of the molecule is Cc1cc(F)c(F)cc1-c1ccc(OCc2cccc(C(=O)N(C)CC(=O)O)c2)cc1. The molecule has 0 saturated carbocycles. The van der Waals surface area contributed by atoms with Crippen LogP contribution >= 0.6 is 0 Å². The van der Waals surface area contributed by atoms with E-state index in [0.29, 0.717) is 22.4 Å². The molecule has 0 spiro atoms. The standard InChI is InChI=1S/C24H21F2NO4/c1-15-10-21(25)22(26)12-20(15)17-6-8-19(9-7-17)31-14-16-4-3-5-18(11-16)24(30)27(2)13-23(28)29/h3-12H,13-14H2,1-2H3,(H,28,29). The van der Waals surface area contributed by atoms with Crippen molar-refractivity contribution in [2.45, 2.75) is 13.5 Å². The summed E-state index contributed by atoms with van der Waals surface area (Å²) in [6.07, 6.45) is 0. The highest BCUT2D eigenvalue weighted by molar-refractivity contribution is 5.95. The van der Waals surface area contributed by atoms with Crippen molar-refractivity contribution in [1.82, 2.24) is 4.90 Å². The smallest absolute Gasteiger partial charge is 0.323 e. The van der Waals surface area contributed by atoms with E-state index in [9.17, 15) is 18.4 Å². The zero-order valence-corrected chi connectivity index (χ0v) is 17.1. The molecule has 3 rings (SSSR count). The second-order valence-electron chi connectivity index (χ2n) is 7.15. The van der Waals surface area contributed by atoms with Gasteiger partial charge in [-0.1, -0.05) is 24.3 Å². The number of nitrogens with zero attached hydrogens (tertiary/aromatic N) is 1. The normalized spacial score (nSPS) is 10.6. The molecule has 0 unspecified atom stereocenters. The van der Waals surface area contributed by atoms with Crippen molar-refractivity contribution in [3.63, 3.8) is 0 Å². The van der Waals surface area contributed by atoms with Crippen molar-refractivity contribution in [1.29, 1.82) is 0 Å². The summed E-state index contributed by atoms with van der Waals surface area (Å²) in [5, 5.41) is 8.83. The number of carboxylic acid groups (broad SMARTS) is 1. The Morgan fingerprint density at radius 2 is 1.68 bits per heavy atom. The van der Waals surface area contributed by atoms with Crippen molar-refractivity contribution in [2.24, 2.45) is 0 Å². The molecule has 3 aromatic rings. The lowest BCUT2D eigenvalue weighted by Crippen LogP contribution is -2.31. The van der Waals surface area contributed by atoms with E-state index in [1.54, 1.807) is 55.5 Å². The summed E-state index contributed by atoms with van der Waals surface area (Å²) in [5.74, 6) is -2.68. The monoisotopic (exact) mass is 425 g/mol. The molecule has 0 aliphatic heterocycles. The van der Waals surface area contributed by atoms with Gasteiger partial charge >= 0.3 is 5.97 Å². The first kappa shape index (κ1) is 22.0. The van der Waals surface area contributed by atoms with Gasteiger partial charge < -0.3 is 14.7 Å². The number of benzene rings is 3. The highest BCUT2D eigenvalue weighted by Crippen LogP contribution is 2.27. The molecule has 1 N–H and O–H groups in total. The predicted molar refractivity (Wildman–Crippen MR) is 112 cm³/mol. The van der Waals surface area contributed by atoms with Gasteiger partial charge in [0.1, 0.15) is 18.9 Å². The van der Waals surface area contributed by atoms with Crippen molar-refractivity contribution in [2.75, 3.05) is 13.6 Å². The van der Waals surface area contributed by atoms with Crippen molar-refractivity contribution in [3.05, 3.63) is 89.0 Å². The van der Waals surface area contributed by atoms with Crippen LogP contribution in [0.4, 0.5) is 8.78 Å². The molecule has 7 heteroatoms. The fourth-order valence-corrected chi connectivity index (χ4v) is 3.14. The number of halogens is 2. The van der Waals surface area contributed by atoms with Gasteiger partial charge in [0.05, 0.1) is 0 Å². The molecule has 160 valence electrons. The molecular weight excluding hydrogens is 404 g/mol. The van der Waals surface area contributed by atoms with E-state index in [1.165, 1.54) is 13.1 Å². The summed E-state index contributed by atoms with van der Waals surface area (Å²) in [5.41, 5.74) is 3.07. The van der Waals surface area contributed by atoms with Gasteiger partial charge in [-0.2, -0.15) is 0 Å². The zero-order chi connectivity index (χ0) is 22.5. The van der Waals surface area contributed by atoms with Crippen molar-refractivity contribution in [3.8, 4) is 16.9 Å². The molecule has 31 heavy (non-hydrogen) atoms. The van der Waals surface area contributed by atoms with E-state index in [2.05, 4.69) is 0 Å². The summed E-state index contributed by atoms with van der Waals surface area (Å²) in [6.45, 7) is 1.53. The minimum atomic E-state index is -1.09. The Balaban J connectivity index is 1.68. The number of likely N-dealkylation sites (N-methyl/N-ethyl adjacent to an activating group) is 1. The molecule has 0 aromatic heterocycles. The fraction of sp³-hybridized carbons (Fsp3) is 0.167. The molecule has 0 aliphatic rings. The third kappa shape index (κ3) is 5.45. The Bertz CT molecular complexity index is 1110. The summed E-state index contributed by atoms with van der Waals surface area (Å²) in [6, 6.07) is 16.1. The third-order valence-electron chi connectivity index (χ3n) is 4.73. The first-order valence-corrected chi connectivity index (χ1v) is 9.49. The van der Waals surface area contributed by atoms with Crippen LogP contribution in [0.15, 0.2) is 60.7 Å². The summed E-state index contributed by atoms with van der Waals surface area (Å²) in [7, 11) is 1.43. The Labute approximate surface area is 178 Å². The fourth-order valence-electron chi connectivity index (χ4n) is 3.14. The molecule has 0 heterocycles. The first-order valence-electron chi connectivity index (χ1n) is 9.49. The van der Waals surface area contributed by atoms with E-state index < -0.39 is 23.5 Å². The number of carbonyl (C=O) groups is 2. The number of rotatable bonds is 7. The quantitative estimate of drug-likeness (QED) is 0.597. The first-order chi connectivity index (χ1) is 14.7. The second-order valence-corrected chi connectivity index (χ2v) is 7.15. The highest BCUT2D eigenvalue weighted by atomic mass is 19.2. The van der Waals surface area contributed by atoms with E-state index in [-0.39, 0.29) is 13.2 Å². The number of aliphatic carboxylic acids is 1. The molecule has 0 radical (unpaired) electrons. The number of hydrogen-bond donors (Lipinski definition) is 1. The van der Waals surface area contributed by atoms with E-state index in [1.807, 2.05) is 0 Å². The maximum absolute atomic E-state index is 13.6. The van der Waals surface area contributed by atoms with E-state index in [4.69, 9.17) is 9.84 Å². The average molecular weight is 425 g/mol. The number of hydrogen-bond acceptors (Lipinski definition) is 3. The summed E-state index contributed by atoms with van der Waals surface area (Å²) >= 11 is 0. The number of carbonyl (C=O) groups excluding carboxylic acids is 1. The highest BCUT2D eigenvalue weighted by Gasteiger charge is 2.15. The van der Waals surface area contributed by atoms with Gasteiger partial charge in [0.2, 0.25) is 0 Å². The topological polar surface area (TPSA) is 66.8 Å². The van der Waals surface area contributed by atoms with Gasteiger partial charge in [-0.25, -0.2) is 8.78 Å². The Kier molecular flexibility index (Phi) is 6.65. The van der Waals surface area contributed by atoms with Gasteiger partial charge in [0.25, 0.3) is 5.91 Å². The molecule has 0 saturated heterocycles. The Morgan fingerprint density at radius 3 is 2.35 bits per heavy atom. The zero-order valence-electron chi connectivity index (χ0n) is 17.1. The van der Waals surface area contributed by atoms with Gasteiger partial charge in [-0.05, 0) is 65.6 Å². The molecule has 3 aromatic carbocycles. The van der Waals surface area contributed by atoms with Crippen molar-refractivity contribution < 1.29 is 28.2 Å². The van der Waals surface area contributed by atoms with Crippen LogP contribution in [0.5, 0.6) is 5.75 Å². The third-order valence-corrected chi connectivity index (χ3v) is 4.73. The lowest BCUT2D eigenvalue weighted by atomic mass is 10.0. The second kappa shape index (κ2) is 9.38. The number of ether oxygens (including phenoxy) is 1. The average Bonchev–Trinajstić information content (AvgIpc) is 2.74. The van der Waals surface area contributed by atoms with E-state index >= 15 is 0 Å².